The van der Waals surface area contributed by atoms with E-state index in [2.05, 4.69) is 43.2 Å². The molecule has 2 aliphatic rings. The summed E-state index contributed by atoms with van der Waals surface area (Å²) in [5.41, 5.74) is 16.2. The van der Waals surface area contributed by atoms with Crippen LogP contribution in [0.25, 0.3) is 22.4 Å². The molecule has 6 rings (SSSR count). The minimum atomic E-state index is -0.220. The summed E-state index contributed by atoms with van der Waals surface area (Å²) in [5, 5.41) is 9.87. The molecule has 2 N–H and O–H groups in total. The highest BCUT2D eigenvalue weighted by molar-refractivity contribution is 5.74. The van der Waals surface area contributed by atoms with Gasteiger partial charge in [-0.3, -0.25) is 9.36 Å². The SMILES string of the molecule is Cc1ccc2c(c1)C(C)Oc1cc(cnc1N)-c1c(CC3CC3)nn(C)c1Cc1cn(C)nc1-2. The first-order valence-corrected chi connectivity index (χ1v) is 12.0. The normalized spacial score (nSPS) is 17.1. The van der Waals surface area contributed by atoms with Gasteiger partial charge in [-0.1, -0.05) is 23.8 Å². The molecule has 1 atom stereocenters. The van der Waals surface area contributed by atoms with Crippen LogP contribution in [0.2, 0.25) is 0 Å². The van der Waals surface area contributed by atoms with Crippen molar-refractivity contribution in [2.45, 2.75) is 45.6 Å². The molecule has 4 aromatic rings. The van der Waals surface area contributed by atoms with Crippen LogP contribution in [0.4, 0.5) is 5.82 Å². The van der Waals surface area contributed by atoms with Crippen molar-refractivity contribution >= 4 is 5.82 Å². The van der Waals surface area contributed by atoms with E-state index in [1.165, 1.54) is 24.0 Å². The maximum atomic E-state index is 6.47. The summed E-state index contributed by atoms with van der Waals surface area (Å²) in [7, 11) is 4.02. The van der Waals surface area contributed by atoms with Crippen molar-refractivity contribution in [1.82, 2.24) is 24.5 Å². The van der Waals surface area contributed by atoms with Gasteiger partial charge in [0, 0.05) is 60.7 Å². The van der Waals surface area contributed by atoms with Gasteiger partial charge in [-0.2, -0.15) is 10.2 Å². The summed E-state index contributed by atoms with van der Waals surface area (Å²) in [6.45, 7) is 4.16. The molecule has 1 aromatic carbocycles. The Morgan fingerprint density at radius 2 is 1.97 bits per heavy atom. The lowest BCUT2D eigenvalue weighted by molar-refractivity contribution is 0.228. The van der Waals surface area contributed by atoms with Gasteiger partial charge in [0.2, 0.25) is 0 Å². The Morgan fingerprint density at radius 3 is 2.76 bits per heavy atom. The van der Waals surface area contributed by atoms with E-state index in [0.717, 1.165) is 58.1 Å². The molecule has 4 heterocycles. The highest BCUT2D eigenvalue weighted by Crippen LogP contribution is 2.41. The van der Waals surface area contributed by atoms with Crippen molar-refractivity contribution < 1.29 is 4.74 Å². The molecule has 174 valence electrons. The van der Waals surface area contributed by atoms with Gasteiger partial charge in [0.1, 0.15) is 6.10 Å². The topological polar surface area (TPSA) is 83.8 Å². The third kappa shape index (κ3) is 3.56. The molecule has 0 radical (unpaired) electrons. The molecular formula is C27H30N6O. The number of fused-ring (bicyclic) bond motifs is 7. The Bertz CT molecular complexity index is 1410. The standard InChI is InChI=1S/C27H30N6O/c1-15-5-8-20-21(9-15)16(2)34-24-12-18(13-29-27(24)28)25-22(10-17-6-7-17)30-33(4)23(25)11-19-14-32(3)31-26(19)20/h5,8-9,12-14,16-17H,6-7,10-11H2,1-4H3,(H2,28,29). The lowest BCUT2D eigenvalue weighted by Crippen LogP contribution is -2.09. The fourth-order valence-electron chi connectivity index (χ4n) is 5.14. The van der Waals surface area contributed by atoms with Gasteiger partial charge < -0.3 is 10.5 Å². The van der Waals surface area contributed by atoms with Gasteiger partial charge in [-0.25, -0.2) is 4.98 Å². The molecule has 7 nitrogen and oxygen atoms in total. The van der Waals surface area contributed by atoms with E-state index in [1.807, 2.05) is 35.7 Å². The Labute approximate surface area is 199 Å². The predicted octanol–water partition coefficient (Wildman–Crippen LogP) is 4.77. The fourth-order valence-corrected chi connectivity index (χ4v) is 5.14. The number of rotatable bonds is 2. The Hall–Kier alpha value is -3.61. The van der Waals surface area contributed by atoms with E-state index < -0.39 is 0 Å². The first kappa shape index (κ1) is 21.0. The van der Waals surface area contributed by atoms with E-state index in [4.69, 9.17) is 20.7 Å². The van der Waals surface area contributed by atoms with Gasteiger partial charge in [0.15, 0.2) is 11.6 Å². The number of nitrogens with zero attached hydrogens (tertiary/aromatic N) is 5. The number of aryl methyl sites for hydroxylation is 3. The molecule has 0 spiro atoms. The molecule has 3 aromatic heterocycles. The maximum absolute atomic E-state index is 6.47. The number of anilines is 1. The van der Waals surface area contributed by atoms with Crippen molar-refractivity contribution in [2.75, 3.05) is 5.73 Å². The summed E-state index contributed by atoms with van der Waals surface area (Å²) < 4.78 is 10.4. The van der Waals surface area contributed by atoms with E-state index in [-0.39, 0.29) is 6.10 Å². The van der Waals surface area contributed by atoms with Crippen molar-refractivity contribution in [3.05, 3.63) is 64.7 Å². The van der Waals surface area contributed by atoms with Crippen molar-refractivity contribution in [1.29, 1.82) is 0 Å². The van der Waals surface area contributed by atoms with Crippen LogP contribution in [0.3, 0.4) is 0 Å². The van der Waals surface area contributed by atoms with Crippen molar-refractivity contribution in [3.8, 4) is 28.1 Å². The van der Waals surface area contributed by atoms with Gasteiger partial charge in [-0.15, -0.1) is 0 Å². The molecule has 1 aliphatic heterocycles. The average molecular weight is 455 g/mol. The minimum Gasteiger partial charge on any atom is -0.482 e. The number of nitrogens with two attached hydrogens (primary N) is 1. The monoisotopic (exact) mass is 454 g/mol. The molecule has 1 saturated carbocycles. The Kier molecular flexibility index (Phi) is 4.76. The lowest BCUT2D eigenvalue weighted by Gasteiger charge is -2.21. The smallest absolute Gasteiger partial charge is 0.166 e. The molecule has 34 heavy (non-hydrogen) atoms. The fraction of sp³-hybridized carbons (Fsp3) is 0.370. The third-order valence-electron chi connectivity index (χ3n) is 7.05. The zero-order valence-electron chi connectivity index (χ0n) is 20.2. The van der Waals surface area contributed by atoms with Gasteiger partial charge in [-0.05, 0) is 45.1 Å². The molecule has 2 bridgehead atoms. The average Bonchev–Trinajstić information content (AvgIpc) is 3.46. The van der Waals surface area contributed by atoms with Gasteiger partial charge >= 0.3 is 0 Å². The molecule has 0 saturated heterocycles. The van der Waals surface area contributed by atoms with Crippen molar-refractivity contribution in [3.63, 3.8) is 0 Å². The molecule has 1 fully saturated rings. The Morgan fingerprint density at radius 1 is 1.15 bits per heavy atom. The molecule has 1 aliphatic carbocycles. The number of benzene rings is 1. The summed E-state index contributed by atoms with van der Waals surface area (Å²) in [6, 6.07) is 8.51. The second-order valence-electron chi connectivity index (χ2n) is 9.85. The van der Waals surface area contributed by atoms with Crippen LogP contribution in [-0.2, 0) is 26.9 Å². The van der Waals surface area contributed by atoms with Crippen LogP contribution in [0.1, 0.15) is 53.9 Å². The molecule has 7 heteroatoms. The summed E-state index contributed by atoms with van der Waals surface area (Å²) >= 11 is 0. The summed E-state index contributed by atoms with van der Waals surface area (Å²) in [4.78, 5) is 4.53. The largest absolute Gasteiger partial charge is 0.482 e. The van der Waals surface area contributed by atoms with E-state index in [0.29, 0.717) is 11.6 Å². The number of nitrogen functional groups attached to an aromatic ring is 1. The predicted molar refractivity (Wildman–Crippen MR) is 133 cm³/mol. The van der Waals surface area contributed by atoms with Crippen LogP contribution in [-0.4, -0.2) is 24.5 Å². The first-order valence-electron chi connectivity index (χ1n) is 12.0. The molecule has 0 amide bonds. The summed E-state index contributed by atoms with van der Waals surface area (Å²) in [6.07, 6.45) is 8.04. The molecule has 1 unspecified atom stereocenters. The summed E-state index contributed by atoms with van der Waals surface area (Å²) in [5.74, 6) is 1.72. The van der Waals surface area contributed by atoms with Crippen molar-refractivity contribution in [2.24, 2.45) is 20.0 Å². The zero-order chi connectivity index (χ0) is 23.6. The number of aromatic nitrogens is 5. The Balaban J connectivity index is 1.62. The van der Waals surface area contributed by atoms with Gasteiger partial charge in [0.05, 0.1) is 17.1 Å². The van der Waals surface area contributed by atoms with E-state index in [1.54, 1.807) is 0 Å². The second-order valence-corrected chi connectivity index (χ2v) is 9.85. The molecular weight excluding hydrogens is 424 g/mol. The highest BCUT2D eigenvalue weighted by atomic mass is 16.5. The van der Waals surface area contributed by atoms with Gasteiger partial charge in [0.25, 0.3) is 0 Å². The quantitative estimate of drug-likeness (QED) is 0.472. The van der Waals surface area contributed by atoms with Crippen LogP contribution in [0, 0.1) is 12.8 Å². The van der Waals surface area contributed by atoms with Crippen LogP contribution in [0.15, 0.2) is 36.7 Å². The zero-order valence-corrected chi connectivity index (χ0v) is 20.2. The third-order valence-corrected chi connectivity index (χ3v) is 7.05. The maximum Gasteiger partial charge on any atom is 0.166 e. The van der Waals surface area contributed by atoms with E-state index in [9.17, 15) is 0 Å². The second kappa shape index (κ2) is 7.72. The minimum absolute atomic E-state index is 0.220. The number of hydrogen-bond donors (Lipinski definition) is 1. The number of pyridine rings is 1. The van der Waals surface area contributed by atoms with Crippen LogP contribution >= 0.6 is 0 Å². The van der Waals surface area contributed by atoms with E-state index >= 15 is 0 Å². The number of ether oxygens (including phenoxy) is 1. The van der Waals surface area contributed by atoms with Crippen LogP contribution < -0.4 is 10.5 Å². The number of hydrogen-bond acceptors (Lipinski definition) is 5. The van der Waals surface area contributed by atoms with Crippen LogP contribution in [0.5, 0.6) is 5.75 Å². The lowest BCUT2D eigenvalue weighted by atomic mass is 9.93. The highest BCUT2D eigenvalue weighted by Gasteiger charge is 2.29. The first-order chi connectivity index (χ1) is 16.4.